The second kappa shape index (κ2) is 10.1. The summed E-state index contributed by atoms with van der Waals surface area (Å²) < 4.78 is 27.1. The fraction of sp³-hybridized carbons (Fsp3) is 0.160. The van der Waals surface area contributed by atoms with Crippen molar-refractivity contribution in [3.8, 4) is 0 Å². The number of anilines is 1. The summed E-state index contributed by atoms with van der Waals surface area (Å²) in [5, 5.41) is 18.5. The molecule has 0 fully saturated rings. The highest BCUT2D eigenvalue weighted by atomic mass is 32.2. The van der Waals surface area contributed by atoms with Gasteiger partial charge in [0.1, 0.15) is 5.52 Å². The summed E-state index contributed by atoms with van der Waals surface area (Å²) in [6.07, 6.45) is -0.392. The number of carbonyl (C=O) groups is 2. The van der Waals surface area contributed by atoms with E-state index in [9.17, 15) is 27.9 Å². The first-order valence-corrected chi connectivity index (χ1v) is 12.5. The number of aryl methyl sites for hydroxylation is 2. The van der Waals surface area contributed by atoms with Gasteiger partial charge in [0.2, 0.25) is 0 Å². The molecule has 0 aliphatic rings. The smallest absolute Gasteiger partial charge is 0.322 e. The fourth-order valence-corrected chi connectivity index (χ4v) is 5.23. The molecular formula is C25H22N4O6S. The number of rotatable bonds is 8. The number of sulfone groups is 1. The lowest BCUT2D eigenvalue weighted by Gasteiger charge is -2.14. The van der Waals surface area contributed by atoms with E-state index in [0.29, 0.717) is 22.2 Å². The molecule has 1 unspecified atom stereocenters. The van der Waals surface area contributed by atoms with Crippen LogP contribution in [-0.2, 0) is 21.2 Å². The van der Waals surface area contributed by atoms with Crippen molar-refractivity contribution in [1.82, 2.24) is 15.0 Å². The number of benzene rings is 3. The highest BCUT2D eigenvalue weighted by Gasteiger charge is 2.34. The van der Waals surface area contributed by atoms with Gasteiger partial charge in [-0.05, 0) is 61.9 Å². The number of fused-ring (bicyclic) bond motifs is 1. The van der Waals surface area contributed by atoms with Crippen molar-refractivity contribution in [1.29, 1.82) is 0 Å². The molecule has 0 saturated heterocycles. The van der Waals surface area contributed by atoms with Crippen LogP contribution in [0.3, 0.4) is 0 Å². The molecule has 1 atom stereocenters. The van der Waals surface area contributed by atoms with Gasteiger partial charge in [0.25, 0.3) is 11.5 Å². The van der Waals surface area contributed by atoms with E-state index in [0.717, 1.165) is 10.2 Å². The third-order valence-electron chi connectivity index (χ3n) is 5.60. The first-order chi connectivity index (χ1) is 17.2. The molecular weight excluding hydrogens is 484 g/mol. The van der Waals surface area contributed by atoms with Crippen LogP contribution in [0.25, 0.3) is 10.9 Å². The molecule has 0 spiro atoms. The van der Waals surface area contributed by atoms with Crippen LogP contribution in [0.15, 0.2) is 82.5 Å². The number of amides is 1. The molecule has 0 saturated carbocycles. The van der Waals surface area contributed by atoms with E-state index in [1.54, 1.807) is 42.5 Å². The van der Waals surface area contributed by atoms with E-state index in [4.69, 9.17) is 0 Å². The van der Waals surface area contributed by atoms with Crippen molar-refractivity contribution < 1.29 is 23.1 Å². The molecule has 0 bridgehead atoms. The minimum atomic E-state index is -4.30. The van der Waals surface area contributed by atoms with Gasteiger partial charge >= 0.3 is 5.97 Å². The van der Waals surface area contributed by atoms with Crippen LogP contribution < -0.4 is 10.9 Å². The SMILES string of the molecule is Cc1cccc(C(=O)Nc2ccc(S(=O)(=O)C(CCn3nnc4ccccc4c3=O)C(=O)O)cc2)c1. The molecule has 0 radical (unpaired) electrons. The molecule has 0 aliphatic heterocycles. The number of carbonyl (C=O) groups excluding carboxylic acids is 1. The van der Waals surface area contributed by atoms with Gasteiger partial charge in [0, 0.05) is 17.8 Å². The highest BCUT2D eigenvalue weighted by molar-refractivity contribution is 7.92. The standard InChI is InChI=1S/C25H22N4O6S/c1-16-5-4-6-17(15-16)23(30)26-18-9-11-19(12-10-18)36(34,35)22(25(32)33)13-14-29-24(31)20-7-2-3-8-21(20)27-28-29/h2-12,15,22H,13-14H2,1H3,(H,26,30)(H,32,33). The first-order valence-electron chi connectivity index (χ1n) is 10.9. The average molecular weight is 507 g/mol. The van der Waals surface area contributed by atoms with Crippen molar-refractivity contribution >= 4 is 38.3 Å². The van der Waals surface area contributed by atoms with Gasteiger partial charge in [-0.25, -0.2) is 13.1 Å². The Morgan fingerprint density at radius 1 is 1.03 bits per heavy atom. The Bertz CT molecular complexity index is 1610. The maximum absolute atomic E-state index is 13.1. The molecule has 184 valence electrons. The summed E-state index contributed by atoms with van der Waals surface area (Å²) in [7, 11) is -4.30. The zero-order chi connectivity index (χ0) is 25.9. The second-order valence-electron chi connectivity index (χ2n) is 8.14. The number of nitrogens with zero attached hydrogens (tertiary/aromatic N) is 3. The maximum atomic E-state index is 13.1. The van der Waals surface area contributed by atoms with E-state index in [1.165, 1.54) is 24.3 Å². The lowest BCUT2D eigenvalue weighted by atomic mass is 10.1. The third kappa shape index (κ3) is 5.15. The quantitative estimate of drug-likeness (QED) is 0.371. The zero-order valence-electron chi connectivity index (χ0n) is 19.2. The monoisotopic (exact) mass is 506 g/mol. The van der Waals surface area contributed by atoms with Crippen LogP contribution in [0.5, 0.6) is 0 Å². The average Bonchev–Trinajstić information content (AvgIpc) is 2.85. The van der Waals surface area contributed by atoms with Gasteiger partial charge < -0.3 is 10.4 Å². The predicted molar refractivity (Wildman–Crippen MR) is 133 cm³/mol. The predicted octanol–water partition coefficient (Wildman–Crippen LogP) is 2.67. The molecule has 1 amide bonds. The van der Waals surface area contributed by atoms with Crippen LogP contribution in [-0.4, -0.2) is 45.6 Å². The number of aromatic nitrogens is 3. The Labute approximate surface area is 206 Å². The van der Waals surface area contributed by atoms with Crippen molar-refractivity contribution in [3.05, 3.63) is 94.3 Å². The lowest BCUT2D eigenvalue weighted by molar-refractivity contribution is -0.136. The molecule has 1 aromatic heterocycles. The Balaban J connectivity index is 1.51. The van der Waals surface area contributed by atoms with Crippen LogP contribution in [0.1, 0.15) is 22.3 Å². The molecule has 1 heterocycles. The number of carboxylic acid groups (broad SMARTS) is 1. The molecule has 3 aromatic carbocycles. The molecule has 0 aliphatic carbocycles. The number of hydrogen-bond acceptors (Lipinski definition) is 7. The van der Waals surface area contributed by atoms with E-state index < -0.39 is 33.0 Å². The molecule has 36 heavy (non-hydrogen) atoms. The summed E-state index contributed by atoms with van der Waals surface area (Å²) in [5.74, 6) is -1.91. The Morgan fingerprint density at radius 3 is 2.44 bits per heavy atom. The fourth-order valence-electron chi connectivity index (χ4n) is 3.70. The number of nitrogens with one attached hydrogen (secondary N) is 1. The normalized spacial score (nSPS) is 12.2. The maximum Gasteiger partial charge on any atom is 0.322 e. The van der Waals surface area contributed by atoms with Crippen molar-refractivity contribution in [3.63, 3.8) is 0 Å². The van der Waals surface area contributed by atoms with Gasteiger partial charge in [-0.3, -0.25) is 14.4 Å². The Hall–Kier alpha value is -4.38. The van der Waals surface area contributed by atoms with Crippen LogP contribution in [0.2, 0.25) is 0 Å². The number of aliphatic carboxylic acids is 1. The van der Waals surface area contributed by atoms with Crippen LogP contribution in [0.4, 0.5) is 5.69 Å². The zero-order valence-corrected chi connectivity index (χ0v) is 20.0. The Morgan fingerprint density at radius 2 is 1.75 bits per heavy atom. The van der Waals surface area contributed by atoms with Crippen molar-refractivity contribution in [2.24, 2.45) is 0 Å². The topological polar surface area (TPSA) is 148 Å². The summed E-state index contributed by atoms with van der Waals surface area (Å²) in [6.45, 7) is 1.61. The third-order valence-corrected chi connectivity index (χ3v) is 7.72. The van der Waals surface area contributed by atoms with Crippen LogP contribution >= 0.6 is 0 Å². The summed E-state index contributed by atoms with van der Waals surface area (Å²) in [6, 6.07) is 18.8. The molecule has 4 rings (SSSR count). The lowest BCUT2D eigenvalue weighted by Crippen LogP contribution is -2.34. The van der Waals surface area contributed by atoms with E-state index in [1.807, 2.05) is 13.0 Å². The minimum absolute atomic E-state index is 0.222. The van der Waals surface area contributed by atoms with Crippen molar-refractivity contribution in [2.75, 3.05) is 5.32 Å². The highest BCUT2D eigenvalue weighted by Crippen LogP contribution is 2.22. The first kappa shape index (κ1) is 24.7. The summed E-state index contributed by atoms with van der Waals surface area (Å²) >= 11 is 0. The van der Waals surface area contributed by atoms with Crippen molar-refractivity contribution in [2.45, 2.75) is 30.0 Å². The largest absolute Gasteiger partial charge is 0.480 e. The van der Waals surface area contributed by atoms with Gasteiger partial charge in [-0.1, -0.05) is 35.0 Å². The second-order valence-corrected chi connectivity index (χ2v) is 10.3. The summed E-state index contributed by atoms with van der Waals surface area (Å²) in [4.78, 5) is 36.7. The number of carboxylic acids is 1. The van der Waals surface area contributed by atoms with E-state index in [2.05, 4.69) is 15.6 Å². The minimum Gasteiger partial charge on any atom is -0.480 e. The molecule has 10 nitrogen and oxygen atoms in total. The van der Waals surface area contributed by atoms with Gasteiger partial charge in [0.05, 0.1) is 10.3 Å². The van der Waals surface area contributed by atoms with E-state index in [-0.39, 0.29) is 17.3 Å². The number of hydrogen-bond donors (Lipinski definition) is 2. The van der Waals surface area contributed by atoms with E-state index >= 15 is 0 Å². The summed E-state index contributed by atoms with van der Waals surface area (Å²) in [5.41, 5.74) is 1.61. The molecule has 11 heteroatoms. The van der Waals surface area contributed by atoms with Gasteiger partial charge in [0.15, 0.2) is 15.1 Å². The van der Waals surface area contributed by atoms with Gasteiger partial charge in [-0.15, -0.1) is 5.10 Å². The molecule has 2 N–H and O–H groups in total. The molecule has 4 aromatic rings. The van der Waals surface area contributed by atoms with Gasteiger partial charge in [-0.2, -0.15) is 0 Å². The Kier molecular flexibility index (Phi) is 6.93. The van der Waals surface area contributed by atoms with Crippen LogP contribution in [0, 0.1) is 6.92 Å².